The first kappa shape index (κ1) is 16.3. The number of aromatic nitrogens is 2. The molecule has 0 radical (unpaired) electrons. The molecule has 132 valence electrons. The number of carbonyl (C=O) groups excluding carboxylic acids is 1. The van der Waals surface area contributed by atoms with Gasteiger partial charge in [-0.1, -0.05) is 18.2 Å². The van der Waals surface area contributed by atoms with Crippen molar-refractivity contribution < 1.29 is 4.79 Å². The molecule has 0 aliphatic carbocycles. The molecule has 0 spiro atoms. The van der Waals surface area contributed by atoms with Crippen LogP contribution in [0.2, 0.25) is 0 Å². The van der Waals surface area contributed by atoms with Crippen molar-refractivity contribution >= 4 is 11.6 Å². The van der Waals surface area contributed by atoms with E-state index in [1.807, 2.05) is 41.4 Å². The predicted octanol–water partition coefficient (Wildman–Crippen LogP) is 3.02. The highest BCUT2D eigenvalue weighted by Gasteiger charge is 2.35. The van der Waals surface area contributed by atoms with Crippen LogP contribution in [0.5, 0.6) is 0 Å². The minimum absolute atomic E-state index is 0.0364. The van der Waals surface area contributed by atoms with Crippen LogP contribution in [0.15, 0.2) is 42.7 Å². The van der Waals surface area contributed by atoms with Crippen molar-refractivity contribution in [3.63, 3.8) is 0 Å². The minimum atomic E-state index is 0.0364. The number of likely N-dealkylation sites (tertiary alicyclic amines) is 1. The van der Waals surface area contributed by atoms with Crippen LogP contribution in [0.25, 0.3) is 0 Å². The Kier molecular flexibility index (Phi) is 4.57. The number of piperidine rings is 2. The molecule has 4 rings (SSSR count). The second kappa shape index (κ2) is 7.00. The summed E-state index contributed by atoms with van der Waals surface area (Å²) in [7, 11) is 0. The lowest BCUT2D eigenvalue weighted by atomic mass is 9.97. The van der Waals surface area contributed by atoms with E-state index in [1.165, 1.54) is 5.56 Å². The summed E-state index contributed by atoms with van der Waals surface area (Å²) in [5, 5.41) is 4.47. The summed E-state index contributed by atoms with van der Waals surface area (Å²) in [4.78, 5) is 17.4. The van der Waals surface area contributed by atoms with Crippen LogP contribution in [0.4, 0.5) is 5.69 Å². The number of rotatable bonds is 3. The summed E-state index contributed by atoms with van der Waals surface area (Å²) < 4.78 is 2.10. The third kappa shape index (κ3) is 3.33. The van der Waals surface area contributed by atoms with Crippen LogP contribution in [0.1, 0.15) is 37.3 Å². The molecule has 1 amide bonds. The van der Waals surface area contributed by atoms with Crippen LogP contribution in [-0.4, -0.2) is 46.3 Å². The van der Waals surface area contributed by atoms with E-state index >= 15 is 0 Å². The van der Waals surface area contributed by atoms with Crippen LogP contribution >= 0.6 is 0 Å². The van der Waals surface area contributed by atoms with E-state index in [2.05, 4.69) is 27.8 Å². The Bertz CT molecular complexity index is 718. The number of hydrogen-bond donors (Lipinski definition) is 0. The number of aryl methyl sites for hydroxylation is 1. The third-order valence-corrected chi connectivity index (χ3v) is 5.52. The lowest BCUT2D eigenvalue weighted by Gasteiger charge is -2.41. The topological polar surface area (TPSA) is 41.4 Å². The van der Waals surface area contributed by atoms with Crippen LogP contribution in [-0.2, 0) is 4.79 Å². The molecule has 3 heterocycles. The fourth-order valence-corrected chi connectivity index (χ4v) is 4.15. The molecule has 0 bridgehead atoms. The Labute approximate surface area is 149 Å². The number of carbonyl (C=O) groups is 1. The Hall–Kier alpha value is -2.14. The van der Waals surface area contributed by atoms with Crippen molar-refractivity contribution in [2.45, 2.75) is 44.7 Å². The first-order valence-electron chi connectivity index (χ1n) is 9.33. The van der Waals surface area contributed by atoms with Crippen LogP contribution in [0, 0.1) is 6.92 Å². The van der Waals surface area contributed by atoms with E-state index in [4.69, 9.17) is 0 Å². The Balaban J connectivity index is 1.41. The molecule has 0 N–H and O–H groups in total. The van der Waals surface area contributed by atoms with Gasteiger partial charge in [-0.15, -0.1) is 0 Å². The highest BCUT2D eigenvalue weighted by atomic mass is 16.2. The van der Waals surface area contributed by atoms with Crippen molar-refractivity contribution in [3.8, 4) is 0 Å². The van der Waals surface area contributed by atoms with Gasteiger partial charge in [-0.05, 0) is 50.3 Å². The zero-order chi connectivity index (χ0) is 17.2. The Morgan fingerprint density at radius 3 is 2.48 bits per heavy atom. The summed E-state index contributed by atoms with van der Waals surface area (Å²) >= 11 is 0. The number of para-hydroxylation sites is 1. The number of amides is 1. The van der Waals surface area contributed by atoms with E-state index < -0.39 is 0 Å². The van der Waals surface area contributed by atoms with Gasteiger partial charge < -0.3 is 4.90 Å². The van der Waals surface area contributed by atoms with Gasteiger partial charge in [0.15, 0.2) is 0 Å². The Morgan fingerprint density at radius 1 is 1.04 bits per heavy atom. The van der Waals surface area contributed by atoms with E-state index in [1.54, 1.807) is 0 Å². The van der Waals surface area contributed by atoms with Gasteiger partial charge in [-0.25, -0.2) is 0 Å². The molecule has 2 aliphatic rings. The molecule has 5 nitrogen and oxygen atoms in total. The van der Waals surface area contributed by atoms with Gasteiger partial charge in [0.2, 0.25) is 5.91 Å². The maximum atomic E-state index is 13.0. The molecule has 1 aromatic heterocycles. The van der Waals surface area contributed by atoms with Crippen molar-refractivity contribution in [2.24, 2.45) is 0 Å². The molecular weight excluding hydrogens is 312 g/mol. The van der Waals surface area contributed by atoms with Gasteiger partial charge in [0.05, 0.1) is 18.3 Å². The zero-order valence-corrected chi connectivity index (χ0v) is 14.8. The molecule has 2 saturated heterocycles. The fraction of sp³-hybridized carbons (Fsp3) is 0.500. The summed E-state index contributed by atoms with van der Waals surface area (Å²) in [6.45, 7) is 4.87. The van der Waals surface area contributed by atoms with Crippen LogP contribution in [0.3, 0.4) is 0 Å². The number of anilines is 1. The second-order valence-corrected chi connectivity index (χ2v) is 7.25. The molecule has 0 unspecified atom stereocenters. The molecule has 2 aromatic rings. The van der Waals surface area contributed by atoms with Gasteiger partial charge in [-0.2, -0.15) is 5.10 Å². The smallest absolute Gasteiger partial charge is 0.244 e. The quantitative estimate of drug-likeness (QED) is 0.864. The minimum Gasteiger partial charge on any atom is -0.311 e. The predicted molar refractivity (Wildman–Crippen MR) is 98.6 cm³/mol. The lowest BCUT2D eigenvalue weighted by molar-refractivity contribution is -0.126. The number of hydrogen-bond acceptors (Lipinski definition) is 3. The van der Waals surface area contributed by atoms with E-state index in [9.17, 15) is 4.79 Å². The molecule has 1 aromatic carbocycles. The average Bonchev–Trinajstić information content (AvgIpc) is 3.09. The van der Waals surface area contributed by atoms with E-state index in [-0.39, 0.29) is 11.9 Å². The van der Waals surface area contributed by atoms with Crippen molar-refractivity contribution in [2.75, 3.05) is 24.5 Å². The summed E-state index contributed by atoms with van der Waals surface area (Å²) in [6.07, 6.45) is 8.24. The van der Waals surface area contributed by atoms with Gasteiger partial charge in [0.1, 0.15) is 0 Å². The largest absolute Gasteiger partial charge is 0.311 e. The highest BCUT2D eigenvalue weighted by Crippen LogP contribution is 2.28. The lowest BCUT2D eigenvalue weighted by Crippen LogP contribution is -2.54. The molecular formula is C20H26N4O. The zero-order valence-electron chi connectivity index (χ0n) is 14.8. The standard InChI is InChI=1S/C20H26N4O/c1-16-14-21-24(15-16)18-9-12-22(13-10-18)19-8-5-11-23(20(19)25)17-6-3-2-4-7-17/h2-4,6-7,14-15,18-19H,5,8-13H2,1H3/t19-/m0/s1. The van der Waals surface area contributed by atoms with Crippen molar-refractivity contribution in [1.82, 2.24) is 14.7 Å². The van der Waals surface area contributed by atoms with Crippen LogP contribution < -0.4 is 4.90 Å². The van der Waals surface area contributed by atoms with E-state index in [0.29, 0.717) is 6.04 Å². The Morgan fingerprint density at radius 2 is 1.80 bits per heavy atom. The highest BCUT2D eigenvalue weighted by molar-refractivity contribution is 5.97. The molecule has 25 heavy (non-hydrogen) atoms. The van der Waals surface area contributed by atoms with Gasteiger partial charge in [-0.3, -0.25) is 14.4 Å². The van der Waals surface area contributed by atoms with Crippen molar-refractivity contribution in [3.05, 3.63) is 48.3 Å². The number of benzene rings is 1. The summed E-state index contributed by atoms with van der Waals surface area (Å²) in [6, 6.07) is 10.6. The average molecular weight is 338 g/mol. The normalized spacial score (nSPS) is 23.2. The maximum Gasteiger partial charge on any atom is 0.244 e. The molecule has 5 heteroatoms. The summed E-state index contributed by atoms with van der Waals surface area (Å²) in [5.74, 6) is 0.269. The van der Waals surface area contributed by atoms with Crippen molar-refractivity contribution in [1.29, 1.82) is 0 Å². The van der Waals surface area contributed by atoms with E-state index in [0.717, 1.165) is 51.0 Å². The SMILES string of the molecule is Cc1cnn(C2CCN([C@H]3CCCN(c4ccccc4)C3=O)CC2)c1. The number of nitrogens with zero attached hydrogens (tertiary/aromatic N) is 4. The fourth-order valence-electron chi connectivity index (χ4n) is 4.15. The van der Waals surface area contributed by atoms with Gasteiger partial charge >= 0.3 is 0 Å². The second-order valence-electron chi connectivity index (χ2n) is 7.25. The third-order valence-electron chi connectivity index (χ3n) is 5.52. The van der Waals surface area contributed by atoms with Gasteiger partial charge in [0, 0.05) is 31.5 Å². The summed E-state index contributed by atoms with van der Waals surface area (Å²) in [5.41, 5.74) is 2.24. The monoisotopic (exact) mass is 338 g/mol. The first-order valence-corrected chi connectivity index (χ1v) is 9.33. The molecule has 2 aliphatic heterocycles. The first-order chi connectivity index (χ1) is 12.2. The molecule has 0 saturated carbocycles. The molecule has 2 fully saturated rings. The molecule has 1 atom stereocenters. The van der Waals surface area contributed by atoms with Gasteiger partial charge in [0.25, 0.3) is 0 Å². The maximum absolute atomic E-state index is 13.0.